The summed E-state index contributed by atoms with van der Waals surface area (Å²) in [5.74, 6) is -0.0374. The summed E-state index contributed by atoms with van der Waals surface area (Å²) < 4.78 is 5.47. The van der Waals surface area contributed by atoms with Crippen LogP contribution in [0, 0.1) is 0 Å². The zero-order valence-corrected chi connectivity index (χ0v) is 9.54. The average molecular weight is 244 g/mol. The Morgan fingerprint density at radius 3 is 2.44 bits per heavy atom. The second kappa shape index (κ2) is 5.29. The van der Waals surface area contributed by atoms with E-state index in [1.54, 1.807) is 12.1 Å². The van der Waals surface area contributed by atoms with Gasteiger partial charge in [0.15, 0.2) is 0 Å². The average Bonchev–Trinajstić information content (AvgIpc) is 2.40. The number of nitrogens with two attached hydrogens (primary N) is 1. The van der Waals surface area contributed by atoms with E-state index in [0.29, 0.717) is 18.2 Å². The maximum Gasteiger partial charge on any atom is 0.337 e. The number of benzene rings is 1. The van der Waals surface area contributed by atoms with Crippen molar-refractivity contribution < 1.29 is 14.6 Å². The summed E-state index contributed by atoms with van der Waals surface area (Å²) in [6.07, 6.45) is 1.26. The van der Waals surface area contributed by atoms with Crippen molar-refractivity contribution in [1.82, 2.24) is 4.98 Å². The minimum Gasteiger partial charge on any atom is -0.478 e. The molecule has 3 N–H and O–H groups in total. The minimum absolute atomic E-state index is 0.126. The molecule has 1 aromatic heterocycles. The van der Waals surface area contributed by atoms with Gasteiger partial charge < -0.3 is 15.6 Å². The number of aromatic nitrogens is 1. The number of carbonyl (C=O) groups is 1. The second-order valence-corrected chi connectivity index (χ2v) is 3.64. The van der Waals surface area contributed by atoms with Crippen molar-refractivity contribution in [2.24, 2.45) is 5.73 Å². The summed E-state index contributed by atoms with van der Waals surface area (Å²) in [5, 5.41) is 8.73. The summed E-state index contributed by atoms with van der Waals surface area (Å²) in [5.41, 5.74) is 6.63. The highest BCUT2D eigenvalue weighted by molar-refractivity contribution is 5.87. The Morgan fingerprint density at radius 2 is 1.94 bits per heavy atom. The Balaban J connectivity index is 2.10. The van der Waals surface area contributed by atoms with Crippen LogP contribution in [0.3, 0.4) is 0 Å². The summed E-state index contributed by atoms with van der Waals surface area (Å²) in [6.45, 7) is 0.478. The molecule has 0 aliphatic heterocycles. The molecule has 0 spiro atoms. The highest BCUT2D eigenvalue weighted by Crippen LogP contribution is 2.19. The van der Waals surface area contributed by atoms with Gasteiger partial charge in [-0.3, -0.25) is 0 Å². The SMILES string of the molecule is NCc1ccc(Oc2ccc(C(=O)O)cn2)cc1. The predicted octanol–water partition coefficient (Wildman–Crippen LogP) is 2.03. The van der Waals surface area contributed by atoms with Crippen LogP contribution in [0.2, 0.25) is 0 Å². The third kappa shape index (κ3) is 2.83. The second-order valence-electron chi connectivity index (χ2n) is 3.64. The molecule has 2 rings (SSSR count). The molecular formula is C13H12N2O3. The fraction of sp³-hybridized carbons (Fsp3) is 0.0769. The number of nitrogens with zero attached hydrogens (tertiary/aromatic N) is 1. The van der Waals surface area contributed by atoms with Crippen LogP contribution in [0.1, 0.15) is 15.9 Å². The van der Waals surface area contributed by atoms with Crippen LogP contribution in [0.4, 0.5) is 0 Å². The summed E-state index contributed by atoms with van der Waals surface area (Å²) >= 11 is 0. The van der Waals surface area contributed by atoms with Crippen LogP contribution in [0.5, 0.6) is 11.6 Å². The van der Waals surface area contributed by atoms with E-state index >= 15 is 0 Å². The molecule has 0 fully saturated rings. The normalized spacial score (nSPS) is 10.1. The van der Waals surface area contributed by atoms with E-state index < -0.39 is 5.97 Å². The molecule has 0 aliphatic carbocycles. The van der Waals surface area contributed by atoms with Gasteiger partial charge in [0.1, 0.15) is 5.75 Å². The van der Waals surface area contributed by atoms with Crippen molar-refractivity contribution in [2.75, 3.05) is 0 Å². The largest absolute Gasteiger partial charge is 0.478 e. The zero-order chi connectivity index (χ0) is 13.0. The van der Waals surface area contributed by atoms with Crippen LogP contribution in [-0.2, 0) is 6.54 Å². The predicted molar refractivity (Wildman–Crippen MR) is 65.6 cm³/mol. The number of aromatic carboxylic acids is 1. The van der Waals surface area contributed by atoms with Gasteiger partial charge in [-0.2, -0.15) is 0 Å². The van der Waals surface area contributed by atoms with Crippen molar-refractivity contribution in [3.8, 4) is 11.6 Å². The minimum atomic E-state index is -1.01. The van der Waals surface area contributed by atoms with Crippen molar-refractivity contribution in [2.45, 2.75) is 6.54 Å². The lowest BCUT2D eigenvalue weighted by Gasteiger charge is -2.05. The topological polar surface area (TPSA) is 85.4 Å². The molecule has 5 nitrogen and oxygen atoms in total. The first-order chi connectivity index (χ1) is 8.69. The first-order valence-electron chi connectivity index (χ1n) is 5.35. The lowest BCUT2D eigenvalue weighted by Crippen LogP contribution is -1.98. The van der Waals surface area contributed by atoms with Gasteiger partial charge in [0.25, 0.3) is 0 Å². The van der Waals surface area contributed by atoms with Gasteiger partial charge in [0.2, 0.25) is 5.88 Å². The van der Waals surface area contributed by atoms with Gasteiger partial charge in [-0.25, -0.2) is 9.78 Å². The number of carboxylic acids is 1. The van der Waals surface area contributed by atoms with Crippen molar-refractivity contribution in [3.05, 3.63) is 53.7 Å². The third-order valence-corrected chi connectivity index (χ3v) is 2.36. The first kappa shape index (κ1) is 12.1. The number of rotatable bonds is 4. The third-order valence-electron chi connectivity index (χ3n) is 2.36. The lowest BCUT2D eigenvalue weighted by molar-refractivity contribution is 0.0696. The molecule has 18 heavy (non-hydrogen) atoms. The van der Waals surface area contributed by atoms with E-state index in [0.717, 1.165) is 5.56 Å². The van der Waals surface area contributed by atoms with Crippen molar-refractivity contribution >= 4 is 5.97 Å². The molecule has 0 unspecified atom stereocenters. The first-order valence-corrected chi connectivity index (χ1v) is 5.35. The molecule has 1 heterocycles. The van der Waals surface area contributed by atoms with Crippen LogP contribution in [-0.4, -0.2) is 16.1 Å². The Morgan fingerprint density at radius 1 is 1.22 bits per heavy atom. The summed E-state index contributed by atoms with van der Waals surface area (Å²) in [6, 6.07) is 10.3. The van der Waals surface area contributed by atoms with Crippen LogP contribution in [0.25, 0.3) is 0 Å². The van der Waals surface area contributed by atoms with E-state index in [1.165, 1.54) is 18.3 Å². The van der Waals surface area contributed by atoms with Crippen molar-refractivity contribution in [1.29, 1.82) is 0 Å². The number of ether oxygens (including phenoxy) is 1. The Labute approximate surface area is 104 Å². The molecule has 5 heteroatoms. The van der Waals surface area contributed by atoms with E-state index in [4.69, 9.17) is 15.6 Å². The molecule has 92 valence electrons. The Kier molecular flexibility index (Phi) is 3.54. The molecule has 0 atom stereocenters. The fourth-order valence-corrected chi connectivity index (χ4v) is 1.38. The molecule has 0 bridgehead atoms. The van der Waals surface area contributed by atoms with Crippen LogP contribution < -0.4 is 10.5 Å². The molecule has 0 saturated heterocycles. The zero-order valence-electron chi connectivity index (χ0n) is 9.54. The number of pyridine rings is 1. The maximum atomic E-state index is 10.6. The smallest absolute Gasteiger partial charge is 0.337 e. The quantitative estimate of drug-likeness (QED) is 0.859. The Bertz CT molecular complexity index is 535. The summed E-state index contributed by atoms with van der Waals surface area (Å²) in [7, 11) is 0. The highest BCUT2D eigenvalue weighted by atomic mass is 16.5. The fourth-order valence-electron chi connectivity index (χ4n) is 1.38. The van der Waals surface area contributed by atoms with Gasteiger partial charge in [0.05, 0.1) is 5.56 Å². The molecule has 2 aromatic rings. The molecule has 0 saturated carbocycles. The van der Waals surface area contributed by atoms with Gasteiger partial charge >= 0.3 is 5.97 Å². The molecule has 1 aromatic carbocycles. The molecule has 0 aliphatic rings. The van der Waals surface area contributed by atoms with E-state index in [2.05, 4.69) is 4.98 Å². The number of hydrogen-bond donors (Lipinski definition) is 2. The van der Waals surface area contributed by atoms with Gasteiger partial charge in [0, 0.05) is 18.8 Å². The van der Waals surface area contributed by atoms with E-state index in [9.17, 15) is 4.79 Å². The Hall–Kier alpha value is -2.40. The van der Waals surface area contributed by atoms with Gasteiger partial charge in [-0.15, -0.1) is 0 Å². The highest BCUT2D eigenvalue weighted by Gasteiger charge is 2.04. The summed E-state index contributed by atoms with van der Waals surface area (Å²) in [4.78, 5) is 14.6. The van der Waals surface area contributed by atoms with Crippen LogP contribution in [0.15, 0.2) is 42.6 Å². The maximum absolute atomic E-state index is 10.6. The molecule has 0 radical (unpaired) electrons. The molecular weight excluding hydrogens is 232 g/mol. The van der Waals surface area contributed by atoms with Crippen molar-refractivity contribution in [3.63, 3.8) is 0 Å². The number of hydrogen-bond acceptors (Lipinski definition) is 4. The standard InChI is InChI=1S/C13H12N2O3/c14-7-9-1-4-11(5-2-9)18-12-6-3-10(8-15-12)13(16)17/h1-6,8H,7,14H2,(H,16,17). The van der Waals surface area contributed by atoms with Crippen LogP contribution >= 0.6 is 0 Å². The monoisotopic (exact) mass is 244 g/mol. The number of carboxylic acid groups (broad SMARTS) is 1. The lowest BCUT2D eigenvalue weighted by atomic mass is 10.2. The van der Waals surface area contributed by atoms with Gasteiger partial charge in [-0.05, 0) is 23.8 Å². The molecule has 0 amide bonds. The van der Waals surface area contributed by atoms with E-state index in [-0.39, 0.29) is 5.56 Å². The van der Waals surface area contributed by atoms with Gasteiger partial charge in [-0.1, -0.05) is 12.1 Å². The van der Waals surface area contributed by atoms with E-state index in [1.807, 2.05) is 12.1 Å².